The van der Waals surface area contributed by atoms with Crippen LogP contribution in [0.15, 0.2) is 59.3 Å². The van der Waals surface area contributed by atoms with Crippen LogP contribution >= 0.6 is 0 Å². The zero-order valence-corrected chi connectivity index (χ0v) is 25.7. The fourth-order valence-electron chi connectivity index (χ4n) is 5.61. The fraction of sp³-hybridized carbons (Fsp3) is 0.188. The number of carboxylic acids is 1. The number of carbonyl (C=O) groups excluding carboxylic acids is 1. The topological polar surface area (TPSA) is 225 Å². The lowest BCUT2D eigenvalue weighted by Crippen LogP contribution is -2.40. The molecule has 0 spiro atoms. The highest BCUT2D eigenvalue weighted by Gasteiger charge is 2.22. The molecule has 0 bridgehead atoms. The van der Waals surface area contributed by atoms with Gasteiger partial charge in [0.2, 0.25) is 0 Å². The molecular formula is C32H27N13O4. The van der Waals surface area contributed by atoms with Crippen LogP contribution in [0.3, 0.4) is 0 Å². The average molecular weight is 658 g/mol. The number of rotatable bonds is 6. The summed E-state index contributed by atoms with van der Waals surface area (Å²) in [6, 6.07) is 7.09. The molecule has 0 radical (unpaired) electrons. The molecule has 17 nitrogen and oxygen atoms in total. The lowest BCUT2D eigenvalue weighted by Gasteiger charge is -2.26. The van der Waals surface area contributed by atoms with Gasteiger partial charge in [-0.05, 0) is 24.3 Å². The summed E-state index contributed by atoms with van der Waals surface area (Å²) >= 11 is 0. The fourth-order valence-corrected chi connectivity index (χ4v) is 5.61. The second-order valence-corrected chi connectivity index (χ2v) is 11.3. The first kappa shape index (κ1) is 29.8. The maximum absolute atomic E-state index is 12.7. The number of carboxylic acid groups (broad SMARTS) is 1. The molecule has 9 heterocycles. The van der Waals surface area contributed by atoms with Gasteiger partial charge in [-0.3, -0.25) is 14.8 Å². The monoisotopic (exact) mass is 657 g/mol. The van der Waals surface area contributed by atoms with Gasteiger partial charge in [0.1, 0.15) is 58.6 Å². The van der Waals surface area contributed by atoms with Gasteiger partial charge < -0.3 is 35.3 Å². The van der Waals surface area contributed by atoms with E-state index in [2.05, 4.69) is 60.5 Å². The lowest BCUT2D eigenvalue weighted by atomic mass is 10.2. The smallest absolute Gasteiger partial charge is 0.352 e. The molecular weight excluding hydrogens is 630 g/mol. The van der Waals surface area contributed by atoms with Crippen LogP contribution in [-0.2, 0) is 17.8 Å². The highest BCUT2D eigenvalue weighted by atomic mass is 16.5. The zero-order valence-electron chi connectivity index (χ0n) is 25.7. The van der Waals surface area contributed by atoms with Crippen LogP contribution in [0.25, 0.3) is 22.1 Å². The minimum Gasteiger partial charge on any atom is -0.477 e. The molecule has 0 aromatic carbocycles. The van der Waals surface area contributed by atoms with Crippen molar-refractivity contribution in [3.05, 3.63) is 83.0 Å². The molecule has 3 aliphatic rings. The first-order valence-electron chi connectivity index (χ1n) is 15.3. The van der Waals surface area contributed by atoms with Crippen molar-refractivity contribution >= 4 is 69.6 Å². The summed E-state index contributed by atoms with van der Waals surface area (Å²) in [5.74, 6) is 1.27. The second-order valence-electron chi connectivity index (χ2n) is 11.3. The summed E-state index contributed by atoms with van der Waals surface area (Å²) in [5, 5.41) is 16.7. The van der Waals surface area contributed by atoms with Gasteiger partial charge in [-0.2, -0.15) is 0 Å². The Kier molecular flexibility index (Phi) is 7.61. The Morgan fingerprint density at radius 3 is 1.80 bits per heavy atom. The molecule has 1 saturated heterocycles. The summed E-state index contributed by atoms with van der Waals surface area (Å²) in [6.07, 6.45) is 10.0. The highest BCUT2D eigenvalue weighted by molar-refractivity contribution is 6.00. The van der Waals surface area contributed by atoms with E-state index in [1.165, 1.54) is 18.7 Å². The number of ether oxygens (including phenoxy) is 1. The summed E-state index contributed by atoms with van der Waals surface area (Å²) < 4.78 is 5.31. The SMILES string of the molecule is O=C(O)c1cc2c(Nc3cc4c(cn3)CN=C4)ncnc2[nH]1.O=C(c1cc2c(Nc3cc4c(cn3)CN=C4)ncnc2[nH]1)N1CCOCC1. The molecule has 6 aromatic heterocycles. The third-order valence-corrected chi connectivity index (χ3v) is 8.13. The van der Waals surface area contributed by atoms with Crippen molar-refractivity contribution in [1.82, 2.24) is 44.8 Å². The number of nitrogens with zero attached hydrogens (tertiary/aromatic N) is 9. The Balaban J connectivity index is 0.000000145. The standard InChI is InChI=1S/C18H17N7O2.C14H10N6O2/c26-18(25-1-3-27-4-2-25)14-6-13-16(23-14)21-10-22-17(13)24-15-5-11-7-19-8-12(11)9-20-15;21-14(22)10-2-9-12(19-10)17-6-18-13(9)20-11-1-7-3-15-4-8(7)5-16-11/h5-7,9-10H,1-4,8H2,(H2,20,21,22,23,24);1-3,5-6H,4H2,(H,21,22)(H2,16,17,18,19,20). The molecule has 49 heavy (non-hydrogen) atoms. The molecule has 1 fully saturated rings. The summed E-state index contributed by atoms with van der Waals surface area (Å²) in [5.41, 5.74) is 5.86. The van der Waals surface area contributed by atoms with Gasteiger partial charge in [0.05, 0.1) is 37.1 Å². The van der Waals surface area contributed by atoms with E-state index in [-0.39, 0.29) is 11.6 Å². The number of amides is 1. The van der Waals surface area contributed by atoms with Crippen LogP contribution < -0.4 is 10.6 Å². The highest BCUT2D eigenvalue weighted by Crippen LogP contribution is 2.27. The van der Waals surface area contributed by atoms with E-state index in [4.69, 9.17) is 9.84 Å². The van der Waals surface area contributed by atoms with Crippen LogP contribution in [0.5, 0.6) is 0 Å². The van der Waals surface area contributed by atoms with Gasteiger partial charge in [-0.15, -0.1) is 0 Å². The van der Waals surface area contributed by atoms with Crippen molar-refractivity contribution in [3.63, 3.8) is 0 Å². The van der Waals surface area contributed by atoms with Crippen LogP contribution in [0.4, 0.5) is 23.3 Å². The molecule has 5 N–H and O–H groups in total. The third-order valence-electron chi connectivity index (χ3n) is 8.13. The maximum Gasteiger partial charge on any atom is 0.352 e. The summed E-state index contributed by atoms with van der Waals surface area (Å²) in [4.78, 5) is 65.3. The first-order chi connectivity index (χ1) is 24.0. The van der Waals surface area contributed by atoms with E-state index in [9.17, 15) is 9.59 Å². The Hall–Kier alpha value is -6.62. The van der Waals surface area contributed by atoms with Gasteiger partial charge in [-0.25, -0.2) is 34.7 Å². The number of pyridine rings is 2. The van der Waals surface area contributed by atoms with Crippen molar-refractivity contribution < 1.29 is 19.4 Å². The molecule has 6 aromatic rings. The number of aliphatic imine (C=N–C) groups is 2. The number of aromatic amines is 2. The Labute approximate surface area is 276 Å². The van der Waals surface area contributed by atoms with Crippen LogP contribution in [0.2, 0.25) is 0 Å². The molecule has 244 valence electrons. The number of anilines is 4. The molecule has 9 rings (SSSR count). The maximum atomic E-state index is 12.7. The van der Waals surface area contributed by atoms with E-state index in [1.54, 1.807) is 23.4 Å². The van der Waals surface area contributed by atoms with E-state index >= 15 is 0 Å². The van der Waals surface area contributed by atoms with Crippen molar-refractivity contribution in [2.24, 2.45) is 9.98 Å². The van der Waals surface area contributed by atoms with Gasteiger partial charge >= 0.3 is 5.97 Å². The van der Waals surface area contributed by atoms with E-state index in [0.29, 0.717) is 85.0 Å². The van der Waals surface area contributed by atoms with Crippen LogP contribution in [0.1, 0.15) is 43.2 Å². The molecule has 0 atom stereocenters. The number of H-pyrrole nitrogens is 2. The number of aromatic nitrogens is 8. The van der Waals surface area contributed by atoms with Crippen LogP contribution in [-0.4, -0.2) is 100 Å². The molecule has 17 heteroatoms. The zero-order chi connectivity index (χ0) is 33.3. The lowest BCUT2D eigenvalue weighted by molar-refractivity contribution is 0.0299. The number of nitrogens with one attached hydrogen (secondary N) is 4. The van der Waals surface area contributed by atoms with E-state index in [1.807, 2.05) is 24.5 Å². The van der Waals surface area contributed by atoms with Gasteiger partial charge in [-0.1, -0.05) is 0 Å². The van der Waals surface area contributed by atoms with Gasteiger partial charge in [0.15, 0.2) is 0 Å². The Morgan fingerprint density at radius 2 is 1.24 bits per heavy atom. The van der Waals surface area contributed by atoms with Crippen LogP contribution in [0, 0.1) is 0 Å². The Morgan fingerprint density at radius 1 is 0.714 bits per heavy atom. The predicted molar refractivity (Wildman–Crippen MR) is 179 cm³/mol. The number of morpholine rings is 1. The number of aromatic carboxylic acids is 1. The second kappa shape index (κ2) is 12.5. The minimum absolute atomic E-state index is 0.0610. The summed E-state index contributed by atoms with van der Waals surface area (Å²) in [6.45, 7) is 3.63. The third kappa shape index (κ3) is 6.00. The molecule has 3 aliphatic heterocycles. The molecule has 0 aliphatic carbocycles. The predicted octanol–water partition coefficient (Wildman–Crippen LogP) is 3.23. The van der Waals surface area contributed by atoms with E-state index in [0.717, 1.165) is 27.6 Å². The van der Waals surface area contributed by atoms with Gasteiger partial charge in [0, 0.05) is 60.2 Å². The Bertz CT molecular complexity index is 2310. The van der Waals surface area contributed by atoms with Crippen molar-refractivity contribution in [2.45, 2.75) is 13.1 Å². The van der Waals surface area contributed by atoms with E-state index < -0.39 is 5.97 Å². The molecule has 0 saturated carbocycles. The molecule has 1 amide bonds. The normalized spacial score (nSPS) is 14.4. The number of hydrogen-bond acceptors (Lipinski definition) is 13. The van der Waals surface area contributed by atoms with Gasteiger partial charge in [0.25, 0.3) is 5.91 Å². The summed E-state index contributed by atoms with van der Waals surface area (Å²) in [7, 11) is 0. The molecule has 0 unspecified atom stereocenters. The number of fused-ring (bicyclic) bond motifs is 4. The quantitative estimate of drug-likeness (QED) is 0.174. The number of carbonyl (C=O) groups is 2. The van der Waals surface area contributed by atoms with Crippen molar-refractivity contribution in [1.29, 1.82) is 0 Å². The average Bonchev–Trinajstić information content (AvgIpc) is 3.94. The largest absolute Gasteiger partial charge is 0.477 e. The number of hydrogen-bond donors (Lipinski definition) is 5. The van der Waals surface area contributed by atoms with Crippen molar-refractivity contribution in [2.75, 3.05) is 36.9 Å². The first-order valence-corrected chi connectivity index (χ1v) is 15.3. The van der Waals surface area contributed by atoms with Crippen molar-refractivity contribution in [3.8, 4) is 0 Å². The minimum atomic E-state index is -1.05.